The summed E-state index contributed by atoms with van der Waals surface area (Å²) in [4.78, 5) is 1.20. The highest BCUT2D eigenvalue weighted by molar-refractivity contribution is 7.13. The molecule has 0 aliphatic heterocycles. The van der Waals surface area contributed by atoms with E-state index in [-0.39, 0.29) is 0 Å². The number of benzene rings is 1. The van der Waals surface area contributed by atoms with Gasteiger partial charge in [0.2, 0.25) is 0 Å². The third-order valence-electron chi connectivity index (χ3n) is 3.51. The van der Waals surface area contributed by atoms with Crippen molar-refractivity contribution in [1.82, 2.24) is 15.1 Å². The second-order valence-electron chi connectivity index (χ2n) is 5.13. The van der Waals surface area contributed by atoms with E-state index in [9.17, 15) is 0 Å². The van der Waals surface area contributed by atoms with Crippen molar-refractivity contribution < 1.29 is 4.74 Å². The van der Waals surface area contributed by atoms with E-state index in [1.54, 1.807) is 11.3 Å². The normalized spacial score (nSPS) is 11.0. The molecule has 1 aromatic carbocycles. The molecule has 0 aliphatic carbocycles. The van der Waals surface area contributed by atoms with Crippen LogP contribution in [0, 0.1) is 0 Å². The number of hydrogen-bond acceptors (Lipinski definition) is 4. The van der Waals surface area contributed by atoms with Crippen molar-refractivity contribution >= 4 is 11.3 Å². The highest BCUT2D eigenvalue weighted by Crippen LogP contribution is 2.27. The van der Waals surface area contributed by atoms with Gasteiger partial charge in [-0.15, -0.1) is 11.3 Å². The molecule has 0 spiro atoms. The monoisotopic (exact) mass is 327 g/mol. The number of nitrogens with one attached hydrogen (secondary N) is 1. The van der Waals surface area contributed by atoms with Gasteiger partial charge in [0.1, 0.15) is 5.69 Å². The van der Waals surface area contributed by atoms with Gasteiger partial charge in [0, 0.05) is 31.5 Å². The second kappa shape index (κ2) is 8.06. The van der Waals surface area contributed by atoms with Crippen LogP contribution in [-0.4, -0.2) is 29.5 Å². The van der Waals surface area contributed by atoms with Crippen LogP contribution in [0.1, 0.15) is 12.5 Å². The molecule has 0 saturated heterocycles. The molecule has 0 amide bonds. The zero-order chi connectivity index (χ0) is 15.9. The molecule has 0 fully saturated rings. The second-order valence-corrected chi connectivity index (χ2v) is 6.08. The molecule has 3 aromatic rings. The minimum Gasteiger partial charge on any atom is -0.380 e. The first-order chi connectivity index (χ1) is 11.4. The Morgan fingerprint density at radius 2 is 2.04 bits per heavy atom. The van der Waals surface area contributed by atoms with Gasteiger partial charge in [0.05, 0.1) is 17.2 Å². The van der Waals surface area contributed by atoms with Crippen LogP contribution >= 0.6 is 11.3 Å². The molecule has 0 bridgehead atoms. The van der Waals surface area contributed by atoms with Gasteiger partial charge in [-0.3, -0.25) is 0 Å². The van der Waals surface area contributed by atoms with Gasteiger partial charge in [-0.25, -0.2) is 4.68 Å². The molecular weight excluding hydrogens is 306 g/mol. The van der Waals surface area contributed by atoms with E-state index < -0.39 is 0 Å². The van der Waals surface area contributed by atoms with E-state index >= 15 is 0 Å². The molecule has 120 valence electrons. The van der Waals surface area contributed by atoms with Gasteiger partial charge < -0.3 is 10.1 Å². The standard InChI is InChI=1S/C18H21N3OS/c1-2-22-11-10-19-13-15-14-21(16-7-4-3-5-8-16)20-18(15)17-9-6-12-23-17/h3-9,12,14,19H,2,10-11,13H2,1H3. The minimum atomic E-state index is 0.734. The number of aromatic nitrogens is 2. The molecule has 3 rings (SSSR count). The summed E-state index contributed by atoms with van der Waals surface area (Å²) in [6.45, 7) is 5.13. The largest absolute Gasteiger partial charge is 0.380 e. The molecule has 5 heteroatoms. The van der Waals surface area contributed by atoms with E-state index in [1.165, 1.54) is 10.4 Å². The predicted octanol–water partition coefficient (Wildman–Crippen LogP) is 3.73. The van der Waals surface area contributed by atoms with Gasteiger partial charge in [0.15, 0.2) is 0 Å². The molecule has 0 unspecified atom stereocenters. The summed E-state index contributed by atoms with van der Waals surface area (Å²) in [5.41, 5.74) is 3.33. The Labute approximate surface area is 140 Å². The number of ether oxygens (including phenoxy) is 1. The number of thiophene rings is 1. The van der Waals surface area contributed by atoms with Crippen LogP contribution in [0.15, 0.2) is 54.0 Å². The van der Waals surface area contributed by atoms with Crippen LogP contribution in [0.4, 0.5) is 0 Å². The molecule has 0 saturated carbocycles. The van der Waals surface area contributed by atoms with Crippen LogP contribution in [0.3, 0.4) is 0 Å². The van der Waals surface area contributed by atoms with Crippen molar-refractivity contribution in [3.8, 4) is 16.3 Å². The van der Waals surface area contributed by atoms with Crippen molar-refractivity contribution in [1.29, 1.82) is 0 Å². The lowest BCUT2D eigenvalue weighted by Crippen LogP contribution is -2.19. The number of para-hydroxylation sites is 1. The molecule has 0 atom stereocenters. The highest BCUT2D eigenvalue weighted by atomic mass is 32.1. The van der Waals surface area contributed by atoms with Crippen molar-refractivity contribution in [2.75, 3.05) is 19.8 Å². The lowest BCUT2D eigenvalue weighted by Gasteiger charge is -2.04. The number of nitrogens with zero attached hydrogens (tertiary/aromatic N) is 2. The third-order valence-corrected chi connectivity index (χ3v) is 4.38. The van der Waals surface area contributed by atoms with Crippen LogP contribution in [0.5, 0.6) is 0 Å². The van der Waals surface area contributed by atoms with Crippen molar-refractivity contribution in [3.05, 3.63) is 59.6 Å². The summed E-state index contributed by atoms with van der Waals surface area (Å²) in [6.07, 6.45) is 2.11. The van der Waals surface area contributed by atoms with Gasteiger partial charge in [-0.2, -0.15) is 5.10 Å². The predicted molar refractivity (Wildman–Crippen MR) is 95.1 cm³/mol. The lowest BCUT2D eigenvalue weighted by molar-refractivity contribution is 0.149. The molecule has 4 nitrogen and oxygen atoms in total. The van der Waals surface area contributed by atoms with E-state index in [0.717, 1.165) is 37.7 Å². The zero-order valence-corrected chi connectivity index (χ0v) is 14.1. The van der Waals surface area contributed by atoms with Gasteiger partial charge in [0.25, 0.3) is 0 Å². The minimum absolute atomic E-state index is 0.734. The highest BCUT2D eigenvalue weighted by Gasteiger charge is 2.12. The van der Waals surface area contributed by atoms with E-state index in [1.807, 2.05) is 29.8 Å². The molecule has 1 N–H and O–H groups in total. The quantitative estimate of drug-likeness (QED) is 0.641. The fourth-order valence-corrected chi connectivity index (χ4v) is 3.13. The maximum Gasteiger partial charge on any atom is 0.107 e. The summed E-state index contributed by atoms with van der Waals surface area (Å²) >= 11 is 1.72. The molecule has 23 heavy (non-hydrogen) atoms. The maximum absolute atomic E-state index is 5.37. The van der Waals surface area contributed by atoms with E-state index in [2.05, 4.69) is 41.2 Å². The number of hydrogen-bond donors (Lipinski definition) is 1. The fraction of sp³-hybridized carbons (Fsp3) is 0.278. The first-order valence-electron chi connectivity index (χ1n) is 7.85. The average Bonchev–Trinajstić information content (AvgIpc) is 3.25. The Bertz CT molecular complexity index is 707. The average molecular weight is 327 g/mol. The van der Waals surface area contributed by atoms with Crippen molar-refractivity contribution in [2.45, 2.75) is 13.5 Å². The summed E-state index contributed by atoms with van der Waals surface area (Å²) < 4.78 is 7.32. The Balaban J connectivity index is 1.80. The fourth-order valence-electron chi connectivity index (χ4n) is 2.38. The Hall–Kier alpha value is -1.95. The lowest BCUT2D eigenvalue weighted by atomic mass is 10.2. The molecular formula is C18H21N3OS. The summed E-state index contributed by atoms with van der Waals surface area (Å²) in [5, 5.41) is 10.3. The van der Waals surface area contributed by atoms with E-state index in [4.69, 9.17) is 9.84 Å². The van der Waals surface area contributed by atoms with Crippen LogP contribution in [0.2, 0.25) is 0 Å². The SMILES string of the molecule is CCOCCNCc1cn(-c2ccccc2)nc1-c1cccs1. The first kappa shape index (κ1) is 15.9. The smallest absolute Gasteiger partial charge is 0.107 e. The molecule has 0 aliphatic rings. The van der Waals surface area contributed by atoms with Gasteiger partial charge in [-0.05, 0) is 30.5 Å². The van der Waals surface area contributed by atoms with Gasteiger partial charge in [-0.1, -0.05) is 24.3 Å². The van der Waals surface area contributed by atoms with Crippen LogP contribution < -0.4 is 5.32 Å². The van der Waals surface area contributed by atoms with Crippen molar-refractivity contribution in [3.63, 3.8) is 0 Å². The maximum atomic E-state index is 5.37. The topological polar surface area (TPSA) is 39.1 Å². The Kier molecular flexibility index (Phi) is 5.58. The summed E-state index contributed by atoms with van der Waals surface area (Å²) in [7, 11) is 0. The molecule has 2 aromatic heterocycles. The molecule has 0 radical (unpaired) electrons. The first-order valence-corrected chi connectivity index (χ1v) is 8.72. The summed E-state index contributed by atoms with van der Waals surface area (Å²) in [5.74, 6) is 0. The Morgan fingerprint density at radius 1 is 1.17 bits per heavy atom. The number of rotatable bonds is 8. The van der Waals surface area contributed by atoms with Crippen molar-refractivity contribution in [2.24, 2.45) is 0 Å². The Morgan fingerprint density at radius 3 is 2.78 bits per heavy atom. The third kappa shape index (κ3) is 4.07. The van der Waals surface area contributed by atoms with Gasteiger partial charge >= 0.3 is 0 Å². The van der Waals surface area contributed by atoms with Crippen LogP contribution in [0.25, 0.3) is 16.3 Å². The van der Waals surface area contributed by atoms with E-state index in [0.29, 0.717) is 0 Å². The zero-order valence-electron chi connectivity index (χ0n) is 13.2. The summed E-state index contributed by atoms with van der Waals surface area (Å²) in [6, 6.07) is 14.4. The van der Waals surface area contributed by atoms with Crippen LogP contribution in [-0.2, 0) is 11.3 Å². The molecule has 2 heterocycles.